The molecule has 2 N–H and O–H groups in total. The third kappa shape index (κ3) is 3.77. The Morgan fingerprint density at radius 3 is 2.43 bits per heavy atom. The molecule has 0 saturated carbocycles. The van der Waals surface area contributed by atoms with Gasteiger partial charge in [-0.1, -0.05) is 32.9 Å². The molecule has 3 aromatic rings. The van der Waals surface area contributed by atoms with E-state index in [1.807, 2.05) is 48.5 Å². The SMILES string of the molecule is CC(C)(C)CC(=O)Nc1ccc(-c2nc3ccccc3[nH]2)cc1. The summed E-state index contributed by atoms with van der Waals surface area (Å²) in [5.41, 5.74) is 3.75. The molecular formula is C19H21N3O. The molecule has 4 heteroatoms. The molecule has 1 heterocycles. The van der Waals surface area contributed by atoms with Crippen LogP contribution in [0.15, 0.2) is 48.5 Å². The van der Waals surface area contributed by atoms with Crippen LogP contribution in [0.2, 0.25) is 0 Å². The number of carbonyl (C=O) groups excluding carboxylic acids is 1. The Balaban J connectivity index is 1.75. The zero-order chi connectivity index (χ0) is 16.4. The van der Waals surface area contributed by atoms with Gasteiger partial charge in [0.25, 0.3) is 0 Å². The lowest BCUT2D eigenvalue weighted by Crippen LogP contribution is -2.19. The summed E-state index contributed by atoms with van der Waals surface area (Å²) in [6.45, 7) is 6.16. The zero-order valence-electron chi connectivity index (χ0n) is 13.7. The number of aromatic amines is 1. The topological polar surface area (TPSA) is 57.8 Å². The normalized spacial score (nSPS) is 11.6. The van der Waals surface area contributed by atoms with Crippen molar-refractivity contribution in [1.82, 2.24) is 9.97 Å². The fourth-order valence-corrected chi connectivity index (χ4v) is 2.49. The van der Waals surface area contributed by atoms with E-state index < -0.39 is 0 Å². The van der Waals surface area contributed by atoms with E-state index in [9.17, 15) is 4.79 Å². The van der Waals surface area contributed by atoms with Crippen molar-refractivity contribution in [2.75, 3.05) is 5.32 Å². The first-order chi connectivity index (χ1) is 10.9. The third-order valence-corrected chi connectivity index (χ3v) is 3.52. The number of amides is 1. The summed E-state index contributed by atoms with van der Waals surface area (Å²) in [7, 11) is 0. The van der Waals surface area contributed by atoms with Gasteiger partial charge in [-0.25, -0.2) is 4.98 Å². The van der Waals surface area contributed by atoms with Crippen molar-refractivity contribution in [2.24, 2.45) is 5.41 Å². The van der Waals surface area contributed by atoms with Gasteiger partial charge in [0.1, 0.15) is 5.82 Å². The Morgan fingerprint density at radius 2 is 1.78 bits per heavy atom. The second kappa shape index (κ2) is 5.88. The van der Waals surface area contributed by atoms with Gasteiger partial charge in [0.15, 0.2) is 0 Å². The van der Waals surface area contributed by atoms with Crippen LogP contribution in [0, 0.1) is 5.41 Å². The summed E-state index contributed by atoms with van der Waals surface area (Å²) in [4.78, 5) is 19.9. The number of nitrogens with one attached hydrogen (secondary N) is 2. The lowest BCUT2D eigenvalue weighted by Gasteiger charge is -2.17. The first-order valence-electron chi connectivity index (χ1n) is 7.76. The van der Waals surface area contributed by atoms with Gasteiger partial charge >= 0.3 is 0 Å². The number of carbonyl (C=O) groups is 1. The van der Waals surface area contributed by atoms with Gasteiger partial charge in [0.2, 0.25) is 5.91 Å². The minimum atomic E-state index is -0.0156. The zero-order valence-corrected chi connectivity index (χ0v) is 13.7. The van der Waals surface area contributed by atoms with Crippen LogP contribution in [0.1, 0.15) is 27.2 Å². The Kier molecular flexibility index (Phi) is 3.90. The van der Waals surface area contributed by atoms with Gasteiger partial charge in [0.05, 0.1) is 11.0 Å². The van der Waals surface area contributed by atoms with Crippen molar-refractivity contribution in [2.45, 2.75) is 27.2 Å². The average molecular weight is 307 g/mol. The van der Waals surface area contributed by atoms with Gasteiger partial charge in [-0.05, 0) is 41.8 Å². The van der Waals surface area contributed by atoms with E-state index in [0.29, 0.717) is 6.42 Å². The van der Waals surface area contributed by atoms with Crippen molar-refractivity contribution in [1.29, 1.82) is 0 Å². The fraction of sp³-hybridized carbons (Fsp3) is 0.263. The van der Waals surface area contributed by atoms with Crippen LogP contribution < -0.4 is 5.32 Å². The van der Waals surface area contributed by atoms with E-state index in [1.165, 1.54) is 0 Å². The quantitative estimate of drug-likeness (QED) is 0.742. The van der Waals surface area contributed by atoms with Crippen molar-refractivity contribution in [3.8, 4) is 11.4 Å². The summed E-state index contributed by atoms with van der Waals surface area (Å²) in [6, 6.07) is 15.7. The standard InChI is InChI=1S/C19H21N3O/c1-19(2,3)12-17(23)20-14-10-8-13(9-11-14)18-21-15-6-4-5-7-16(15)22-18/h4-11H,12H2,1-3H3,(H,20,23)(H,21,22). The minimum Gasteiger partial charge on any atom is -0.338 e. The van der Waals surface area contributed by atoms with E-state index in [4.69, 9.17) is 0 Å². The second-order valence-electron chi connectivity index (χ2n) is 6.97. The molecule has 1 amide bonds. The number of aromatic nitrogens is 2. The molecule has 0 unspecified atom stereocenters. The molecule has 0 atom stereocenters. The van der Waals surface area contributed by atoms with E-state index in [-0.39, 0.29) is 11.3 Å². The van der Waals surface area contributed by atoms with Crippen LogP contribution in [0.4, 0.5) is 5.69 Å². The number of rotatable bonds is 3. The van der Waals surface area contributed by atoms with Gasteiger partial charge in [-0.3, -0.25) is 4.79 Å². The molecule has 0 bridgehead atoms. The molecule has 0 aliphatic rings. The maximum Gasteiger partial charge on any atom is 0.224 e. The number of benzene rings is 2. The molecule has 0 aliphatic heterocycles. The number of fused-ring (bicyclic) bond motifs is 1. The lowest BCUT2D eigenvalue weighted by atomic mass is 9.92. The molecule has 0 fully saturated rings. The molecule has 118 valence electrons. The molecule has 0 aliphatic carbocycles. The van der Waals surface area contributed by atoms with Gasteiger partial charge in [-0.2, -0.15) is 0 Å². The third-order valence-electron chi connectivity index (χ3n) is 3.52. The Labute approximate surface area is 136 Å². The maximum absolute atomic E-state index is 12.0. The average Bonchev–Trinajstić information content (AvgIpc) is 2.89. The number of hydrogen-bond donors (Lipinski definition) is 2. The van der Waals surface area contributed by atoms with Crippen LogP contribution in [-0.4, -0.2) is 15.9 Å². The number of H-pyrrole nitrogens is 1. The molecule has 4 nitrogen and oxygen atoms in total. The van der Waals surface area contributed by atoms with E-state index in [0.717, 1.165) is 28.1 Å². The molecule has 23 heavy (non-hydrogen) atoms. The van der Waals surface area contributed by atoms with Crippen LogP contribution in [0.25, 0.3) is 22.4 Å². The summed E-state index contributed by atoms with van der Waals surface area (Å²) in [5, 5.41) is 2.93. The van der Waals surface area contributed by atoms with E-state index in [1.54, 1.807) is 0 Å². The number of imidazole rings is 1. The highest BCUT2D eigenvalue weighted by molar-refractivity contribution is 5.91. The molecule has 0 saturated heterocycles. The number of nitrogens with zero attached hydrogens (tertiary/aromatic N) is 1. The first kappa shape index (κ1) is 15.3. The molecule has 1 aromatic heterocycles. The summed E-state index contributed by atoms with van der Waals surface area (Å²) in [6.07, 6.45) is 0.498. The van der Waals surface area contributed by atoms with Crippen molar-refractivity contribution >= 4 is 22.6 Å². The summed E-state index contributed by atoms with van der Waals surface area (Å²) < 4.78 is 0. The van der Waals surface area contributed by atoms with Gasteiger partial charge in [0, 0.05) is 17.7 Å². The van der Waals surface area contributed by atoms with Crippen molar-refractivity contribution < 1.29 is 4.79 Å². The summed E-state index contributed by atoms with van der Waals surface area (Å²) >= 11 is 0. The largest absolute Gasteiger partial charge is 0.338 e. The Hall–Kier alpha value is -2.62. The first-order valence-corrected chi connectivity index (χ1v) is 7.76. The van der Waals surface area contributed by atoms with Crippen LogP contribution in [-0.2, 0) is 4.79 Å². The van der Waals surface area contributed by atoms with Crippen molar-refractivity contribution in [3.63, 3.8) is 0 Å². The predicted octanol–water partition coefficient (Wildman–Crippen LogP) is 4.60. The highest BCUT2D eigenvalue weighted by Crippen LogP contribution is 2.23. The van der Waals surface area contributed by atoms with Crippen LogP contribution in [0.3, 0.4) is 0 Å². The minimum absolute atomic E-state index is 0.0156. The maximum atomic E-state index is 12.0. The highest BCUT2D eigenvalue weighted by Gasteiger charge is 2.16. The monoisotopic (exact) mass is 307 g/mol. The molecular weight excluding hydrogens is 286 g/mol. The molecule has 3 rings (SSSR count). The smallest absolute Gasteiger partial charge is 0.224 e. The van der Waals surface area contributed by atoms with Crippen LogP contribution in [0.5, 0.6) is 0 Å². The summed E-state index contributed by atoms with van der Waals surface area (Å²) in [5.74, 6) is 0.868. The fourth-order valence-electron chi connectivity index (χ4n) is 2.49. The highest BCUT2D eigenvalue weighted by atomic mass is 16.1. The number of para-hydroxylation sites is 2. The Bertz CT molecular complexity index is 793. The van der Waals surface area contributed by atoms with Crippen LogP contribution >= 0.6 is 0 Å². The molecule has 0 spiro atoms. The van der Waals surface area contributed by atoms with E-state index in [2.05, 4.69) is 36.1 Å². The molecule has 0 radical (unpaired) electrons. The van der Waals surface area contributed by atoms with Crippen molar-refractivity contribution in [3.05, 3.63) is 48.5 Å². The lowest BCUT2D eigenvalue weighted by molar-refractivity contribution is -0.117. The Morgan fingerprint density at radius 1 is 1.09 bits per heavy atom. The second-order valence-corrected chi connectivity index (χ2v) is 6.97. The van der Waals surface area contributed by atoms with E-state index >= 15 is 0 Å². The number of hydrogen-bond acceptors (Lipinski definition) is 2. The molecule has 2 aromatic carbocycles. The number of anilines is 1. The van der Waals surface area contributed by atoms with Gasteiger partial charge < -0.3 is 10.3 Å². The van der Waals surface area contributed by atoms with Gasteiger partial charge in [-0.15, -0.1) is 0 Å². The predicted molar refractivity (Wildman–Crippen MR) is 94.2 cm³/mol.